The van der Waals surface area contributed by atoms with Crippen molar-refractivity contribution in [2.75, 3.05) is 6.61 Å². The van der Waals surface area contributed by atoms with Crippen molar-refractivity contribution >= 4 is 16.0 Å². The number of aliphatic hydroxyl groups is 1. The van der Waals surface area contributed by atoms with Crippen molar-refractivity contribution in [2.45, 2.75) is 37.5 Å². The summed E-state index contributed by atoms with van der Waals surface area (Å²) in [7, 11) is -3.66. The molecular weight excluding hydrogens is 234 g/mol. The predicted octanol–water partition coefficient (Wildman–Crippen LogP) is -0.460. The zero-order valence-corrected chi connectivity index (χ0v) is 9.90. The van der Waals surface area contributed by atoms with E-state index in [1.165, 1.54) is 6.92 Å². The van der Waals surface area contributed by atoms with Gasteiger partial charge in [0.15, 0.2) is 0 Å². The fourth-order valence-electron chi connectivity index (χ4n) is 1.99. The number of aliphatic carboxylic acids is 1. The Labute approximate surface area is 94.7 Å². The molecule has 1 fully saturated rings. The summed E-state index contributed by atoms with van der Waals surface area (Å²) in [6.07, 6.45) is 1.37. The average Bonchev–Trinajstić information content (AvgIpc) is 2.65. The van der Waals surface area contributed by atoms with Crippen LogP contribution in [0.2, 0.25) is 0 Å². The fourth-order valence-corrected chi connectivity index (χ4v) is 3.96. The maximum atomic E-state index is 11.8. The lowest BCUT2D eigenvalue weighted by Gasteiger charge is -2.19. The van der Waals surface area contributed by atoms with Crippen LogP contribution in [0.4, 0.5) is 0 Å². The highest BCUT2D eigenvalue weighted by Crippen LogP contribution is 2.31. The van der Waals surface area contributed by atoms with Crippen molar-refractivity contribution in [1.82, 2.24) is 4.72 Å². The van der Waals surface area contributed by atoms with E-state index in [0.29, 0.717) is 19.3 Å². The fraction of sp³-hybridized carbons (Fsp3) is 0.889. The van der Waals surface area contributed by atoms with Crippen LogP contribution in [0.15, 0.2) is 0 Å². The molecule has 6 nitrogen and oxygen atoms in total. The Morgan fingerprint density at radius 1 is 1.50 bits per heavy atom. The zero-order chi connectivity index (χ0) is 12.3. The van der Waals surface area contributed by atoms with Crippen molar-refractivity contribution in [2.24, 2.45) is 5.92 Å². The smallest absolute Gasteiger partial charge is 0.307 e. The van der Waals surface area contributed by atoms with E-state index < -0.39 is 33.2 Å². The highest BCUT2D eigenvalue weighted by Gasteiger charge is 2.41. The van der Waals surface area contributed by atoms with Gasteiger partial charge in [0.05, 0.1) is 17.8 Å². The normalized spacial score (nSPS) is 27.9. The summed E-state index contributed by atoms with van der Waals surface area (Å²) < 4.78 is 26.0. The van der Waals surface area contributed by atoms with Gasteiger partial charge in [-0.3, -0.25) is 4.79 Å². The van der Waals surface area contributed by atoms with Crippen LogP contribution < -0.4 is 4.72 Å². The van der Waals surface area contributed by atoms with Gasteiger partial charge in [0.2, 0.25) is 10.0 Å². The molecule has 0 amide bonds. The Morgan fingerprint density at radius 2 is 2.12 bits per heavy atom. The molecule has 0 saturated heterocycles. The number of rotatable bonds is 5. The molecule has 3 atom stereocenters. The quantitative estimate of drug-likeness (QED) is 0.613. The van der Waals surface area contributed by atoms with Crippen LogP contribution in [0.5, 0.6) is 0 Å². The van der Waals surface area contributed by atoms with E-state index in [4.69, 9.17) is 10.2 Å². The lowest BCUT2D eigenvalue weighted by atomic mass is 10.1. The van der Waals surface area contributed by atoms with Crippen LogP contribution in [0.1, 0.15) is 26.2 Å². The molecule has 16 heavy (non-hydrogen) atoms. The number of aliphatic hydroxyl groups excluding tert-OH is 1. The minimum atomic E-state index is -3.66. The molecular formula is C9H17NO5S. The number of hydrogen-bond donors (Lipinski definition) is 3. The molecule has 1 aliphatic rings. The van der Waals surface area contributed by atoms with E-state index in [-0.39, 0.29) is 6.61 Å². The SMILES string of the molecule is C[C@H](CO)NS(=O)(=O)C1CCCC1C(=O)O. The maximum Gasteiger partial charge on any atom is 0.307 e. The third-order valence-electron chi connectivity index (χ3n) is 2.81. The van der Waals surface area contributed by atoms with E-state index in [9.17, 15) is 13.2 Å². The third kappa shape index (κ3) is 2.93. The van der Waals surface area contributed by atoms with Gasteiger partial charge in [-0.2, -0.15) is 0 Å². The van der Waals surface area contributed by atoms with Crippen LogP contribution >= 0.6 is 0 Å². The summed E-state index contributed by atoms with van der Waals surface area (Å²) in [5.41, 5.74) is 0. The highest BCUT2D eigenvalue weighted by molar-refractivity contribution is 7.90. The molecule has 0 radical (unpaired) electrons. The van der Waals surface area contributed by atoms with Crippen LogP contribution in [-0.4, -0.2) is 42.5 Å². The first-order valence-corrected chi connectivity index (χ1v) is 6.78. The van der Waals surface area contributed by atoms with E-state index >= 15 is 0 Å². The first kappa shape index (κ1) is 13.4. The average molecular weight is 251 g/mol. The summed E-state index contributed by atoms with van der Waals surface area (Å²) in [5.74, 6) is -1.90. The minimum Gasteiger partial charge on any atom is -0.481 e. The largest absolute Gasteiger partial charge is 0.481 e. The highest BCUT2D eigenvalue weighted by atomic mass is 32.2. The summed E-state index contributed by atoms with van der Waals surface area (Å²) >= 11 is 0. The van der Waals surface area contributed by atoms with Gasteiger partial charge in [0.1, 0.15) is 0 Å². The number of nitrogens with one attached hydrogen (secondary N) is 1. The Kier molecular flexibility index (Phi) is 4.28. The summed E-state index contributed by atoms with van der Waals surface area (Å²) in [4.78, 5) is 10.9. The molecule has 0 heterocycles. The van der Waals surface area contributed by atoms with Gasteiger partial charge in [0.25, 0.3) is 0 Å². The third-order valence-corrected chi connectivity index (χ3v) is 4.90. The summed E-state index contributed by atoms with van der Waals surface area (Å²) in [6, 6.07) is -0.583. The van der Waals surface area contributed by atoms with Gasteiger partial charge >= 0.3 is 5.97 Å². The number of carboxylic acids is 1. The molecule has 7 heteroatoms. The molecule has 2 unspecified atom stereocenters. The number of hydrogen-bond acceptors (Lipinski definition) is 4. The standard InChI is InChI=1S/C9H17NO5S/c1-6(5-11)10-16(14,15)8-4-2-3-7(8)9(12)13/h6-8,10-11H,2-5H2,1H3,(H,12,13)/t6-,7?,8?/m1/s1. The Bertz CT molecular complexity index is 353. The van der Waals surface area contributed by atoms with Crippen molar-refractivity contribution < 1.29 is 23.4 Å². The predicted molar refractivity (Wildman–Crippen MR) is 57.4 cm³/mol. The number of carbonyl (C=O) groups is 1. The lowest BCUT2D eigenvalue weighted by molar-refractivity contribution is -0.141. The first-order chi connectivity index (χ1) is 7.38. The molecule has 1 aliphatic carbocycles. The van der Waals surface area contributed by atoms with Crippen molar-refractivity contribution in [3.63, 3.8) is 0 Å². The van der Waals surface area contributed by atoms with Crippen LogP contribution in [0.3, 0.4) is 0 Å². The molecule has 0 aromatic heterocycles. The second-order valence-corrected chi connectivity index (χ2v) is 6.09. The first-order valence-electron chi connectivity index (χ1n) is 5.23. The van der Waals surface area contributed by atoms with E-state index in [2.05, 4.69) is 4.72 Å². The number of sulfonamides is 1. The van der Waals surface area contributed by atoms with Crippen molar-refractivity contribution in [3.05, 3.63) is 0 Å². The van der Waals surface area contributed by atoms with Gasteiger partial charge in [-0.25, -0.2) is 13.1 Å². The van der Waals surface area contributed by atoms with Gasteiger partial charge < -0.3 is 10.2 Å². The van der Waals surface area contributed by atoms with Crippen LogP contribution in [-0.2, 0) is 14.8 Å². The second kappa shape index (κ2) is 5.11. The second-order valence-electron chi connectivity index (χ2n) is 4.16. The van der Waals surface area contributed by atoms with E-state index in [1.54, 1.807) is 0 Å². The zero-order valence-electron chi connectivity index (χ0n) is 9.09. The topological polar surface area (TPSA) is 104 Å². The molecule has 0 aliphatic heterocycles. The molecule has 1 rings (SSSR count). The van der Waals surface area contributed by atoms with E-state index in [1.807, 2.05) is 0 Å². The molecule has 3 N–H and O–H groups in total. The van der Waals surface area contributed by atoms with Crippen LogP contribution in [0.25, 0.3) is 0 Å². The van der Waals surface area contributed by atoms with Gasteiger partial charge in [-0.1, -0.05) is 6.42 Å². The summed E-state index contributed by atoms with van der Waals surface area (Å²) in [5, 5.41) is 16.8. The Hall–Kier alpha value is -0.660. The monoisotopic (exact) mass is 251 g/mol. The maximum absolute atomic E-state index is 11.8. The van der Waals surface area contributed by atoms with Crippen molar-refractivity contribution in [3.8, 4) is 0 Å². The Balaban J connectivity index is 2.79. The molecule has 0 bridgehead atoms. The Morgan fingerprint density at radius 3 is 2.62 bits per heavy atom. The van der Waals surface area contributed by atoms with Crippen LogP contribution in [0, 0.1) is 5.92 Å². The molecule has 1 saturated carbocycles. The minimum absolute atomic E-state index is 0.302. The lowest BCUT2D eigenvalue weighted by Crippen LogP contribution is -2.44. The molecule has 0 spiro atoms. The van der Waals surface area contributed by atoms with Gasteiger partial charge in [0, 0.05) is 6.04 Å². The molecule has 94 valence electrons. The molecule has 0 aromatic rings. The van der Waals surface area contributed by atoms with Gasteiger partial charge in [-0.05, 0) is 19.8 Å². The summed E-state index contributed by atoms with van der Waals surface area (Å²) in [6.45, 7) is 1.23. The van der Waals surface area contributed by atoms with Crippen molar-refractivity contribution in [1.29, 1.82) is 0 Å². The van der Waals surface area contributed by atoms with Gasteiger partial charge in [-0.15, -0.1) is 0 Å². The van der Waals surface area contributed by atoms with E-state index in [0.717, 1.165) is 0 Å². The molecule has 0 aromatic carbocycles. The number of carboxylic acid groups (broad SMARTS) is 1.